The summed E-state index contributed by atoms with van der Waals surface area (Å²) in [6, 6.07) is 6.23. The van der Waals surface area contributed by atoms with E-state index >= 15 is 0 Å². The molecule has 0 saturated carbocycles. The molecule has 0 amide bonds. The van der Waals surface area contributed by atoms with Gasteiger partial charge >= 0.3 is 0 Å². The van der Waals surface area contributed by atoms with Crippen molar-refractivity contribution in [1.82, 2.24) is 4.98 Å². The molecule has 2 nitrogen and oxygen atoms in total. The minimum absolute atomic E-state index is 0.822. The fourth-order valence-corrected chi connectivity index (χ4v) is 1.85. The molecule has 0 bridgehead atoms. The highest BCUT2D eigenvalue weighted by Crippen LogP contribution is 2.21. The maximum atomic E-state index is 4.52. The van der Waals surface area contributed by atoms with E-state index in [2.05, 4.69) is 28.9 Å². The Hall–Kier alpha value is -1.05. The largest absolute Gasteiger partial charge is 0.356 e. The van der Waals surface area contributed by atoms with E-state index in [1.807, 2.05) is 13.0 Å². The molecule has 1 aliphatic heterocycles. The summed E-state index contributed by atoms with van der Waals surface area (Å²) in [6.07, 6.45) is 1.30. The number of anilines is 1. The first-order valence-electron chi connectivity index (χ1n) is 4.94. The van der Waals surface area contributed by atoms with Crippen molar-refractivity contribution in [2.45, 2.75) is 20.3 Å². The predicted molar refractivity (Wildman–Crippen MR) is 55.0 cm³/mol. The summed E-state index contributed by atoms with van der Waals surface area (Å²) in [5.74, 6) is 1.96. The molecule has 1 fully saturated rings. The first-order chi connectivity index (χ1) is 6.25. The summed E-state index contributed by atoms with van der Waals surface area (Å²) in [6.45, 7) is 6.67. The Balaban J connectivity index is 2.16. The Bertz CT molecular complexity index is 296. The third kappa shape index (κ3) is 1.82. The van der Waals surface area contributed by atoms with Crippen LogP contribution >= 0.6 is 0 Å². The summed E-state index contributed by atoms with van der Waals surface area (Å²) in [5.41, 5.74) is 1.11. The minimum atomic E-state index is 0.822. The number of hydrogen-bond donors (Lipinski definition) is 0. The Kier molecular flexibility index (Phi) is 2.21. The first-order valence-corrected chi connectivity index (χ1v) is 4.94. The molecule has 0 aliphatic carbocycles. The molecule has 70 valence electrons. The van der Waals surface area contributed by atoms with Gasteiger partial charge < -0.3 is 4.90 Å². The molecule has 13 heavy (non-hydrogen) atoms. The van der Waals surface area contributed by atoms with Gasteiger partial charge in [0, 0.05) is 18.8 Å². The van der Waals surface area contributed by atoms with E-state index < -0.39 is 0 Å². The zero-order valence-corrected chi connectivity index (χ0v) is 8.33. The fourth-order valence-electron chi connectivity index (χ4n) is 1.85. The molecule has 0 radical (unpaired) electrons. The van der Waals surface area contributed by atoms with Crippen molar-refractivity contribution in [2.75, 3.05) is 18.0 Å². The lowest BCUT2D eigenvalue weighted by molar-refractivity contribution is 0.659. The molecule has 0 N–H and O–H groups in total. The van der Waals surface area contributed by atoms with E-state index in [0.29, 0.717) is 0 Å². The van der Waals surface area contributed by atoms with Gasteiger partial charge in [-0.1, -0.05) is 13.0 Å². The summed E-state index contributed by atoms with van der Waals surface area (Å²) in [7, 11) is 0. The van der Waals surface area contributed by atoms with Crippen LogP contribution in [0.5, 0.6) is 0 Å². The summed E-state index contributed by atoms with van der Waals surface area (Å²) >= 11 is 0. The Morgan fingerprint density at radius 3 is 2.92 bits per heavy atom. The van der Waals surface area contributed by atoms with Gasteiger partial charge in [0.25, 0.3) is 0 Å². The van der Waals surface area contributed by atoms with Gasteiger partial charge in [0.05, 0.1) is 0 Å². The number of nitrogens with zero attached hydrogens (tertiary/aromatic N) is 2. The smallest absolute Gasteiger partial charge is 0.128 e. The number of aromatic nitrogens is 1. The lowest BCUT2D eigenvalue weighted by atomic mass is 10.2. The van der Waals surface area contributed by atoms with Gasteiger partial charge in [0.1, 0.15) is 5.82 Å². The number of aryl methyl sites for hydroxylation is 1. The average Bonchev–Trinajstić information content (AvgIpc) is 2.52. The van der Waals surface area contributed by atoms with Gasteiger partial charge in [-0.3, -0.25) is 0 Å². The number of hydrogen-bond acceptors (Lipinski definition) is 2. The van der Waals surface area contributed by atoms with Crippen molar-refractivity contribution in [3.05, 3.63) is 23.9 Å². The molecule has 2 heteroatoms. The SMILES string of the molecule is Cc1cccc(N2CCC(C)C2)n1. The van der Waals surface area contributed by atoms with E-state index in [1.165, 1.54) is 6.42 Å². The van der Waals surface area contributed by atoms with Gasteiger partial charge in [0.2, 0.25) is 0 Å². The van der Waals surface area contributed by atoms with Gasteiger partial charge in [-0.2, -0.15) is 0 Å². The molecular weight excluding hydrogens is 160 g/mol. The van der Waals surface area contributed by atoms with Crippen LogP contribution in [0.2, 0.25) is 0 Å². The molecule has 1 aliphatic rings. The average molecular weight is 176 g/mol. The second-order valence-electron chi connectivity index (χ2n) is 3.98. The van der Waals surface area contributed by atoms with E-state index in [4.69, 9.17) is 0 Å². The van der Waals surface area contributed by atoms with E-state index in [1.54, 1.807) is 0 Å². The third-order valence-corrected chi connectivity index (χ3v) is 2.62. The maximum absolute atomic E-state index is 4.52. The summed E-state index contributed by atoms with van der Waals surface area (Å²) in [5, 5.41) is 0. The van der Waals surface area contributed by atoms with E-state index in [9.17, 15) is 0 Å². The van der Waals surface area contributed by atoms with Crippen LogP contribution in [-0.4, -0.2) is 18.1 Å². The lowest BCUT2D eigenvalue weighted by Gasteiger charge is -2.16. The maximum Gasteiger partial charge on any atom is 0.128 e. The Labute approximate surface area is 79.6 Å². The molecule has 0 spiro atoms. The third-order valence-electron chi connectivity index (χ3n) is 2.62. The predicted octanol–water partition coefficient (Wildman–Crippen LogP) is 2.24. The van der Waals surface area contributed by atoms with Crippen LogP contribution in [0.1, 0.15) is 19.0 Å². The standard InChI is InChI=1S/C11H16N2/c1-9-6-7-13(8-9)11-5-3-4-10(2)12-11/h3-5,9H,6-8H2,1-2H3. The van der Waals surface area contributed by atoms with E-state index in [-0.39, 0.29) is 0 Å². The Morgan fingerprint density at radius 1 is 1.46 bits per heavy atom. The van der Waals surface area contributed by atoms with Crippen LogP contribution in [0.25, 0.3) is 0 Å². The molecule has 2 heterocycles. The molecule has 1 saturated heterocycles. The second kappa shape index (κ2) is 3.36. The monoisotopic (exact) mass is 176 g/mol. The van der Waals surface area contributed by atoms with Crippen molar-refractivity contribution in [2.24, 2.45) is 5.92 Å². The summed E-state index contributed by atoms with van der Waals surface area (Å²) < 4.78 is 0. The molecule has 2 rings (SSSR count). The fraction of sp³-hybridized carbons (Fsp3) is 0.545. The highest BCUT2D eigenvalue weighted by atomic mass is 15.2. The van der Waals surface area contributed by atoms with E-state index in [0.717, 1.165) is 30.5 Å². The van der Waals surface area contributed by atoms with Crippen molar-refractivity contribution < 1.29 is 0 Å². The van der Waals surface area contributed by atoms with Crippen molar-refractivity contribution in [3.8, 4) is 0 Å². The summed E-state index contributed by atoms with van der Waals surface area (Å²) in [4.78, 5) is 6.89. The van der Waals surface area contributed by atoms with Crippen LogP contribution in [0, 0.1) is 12.8 Å². The first kappa shape index (κ1) is 8.54. The van der Waals surface area contributed by atoms with Crippen LogP contribution in [0.15, 0.2) is 18.2 Å². The van der Waals surface area contributed by atoms with Crippen LogP contribution in [-0.2, 0) is 0 Å². The molecule has 1 aromatic heterocycles. The minimum Gasteiger partial charge on any atom is -0.356 e. The van der Waals surface area contributed by atoms with Gasteiger partial charge in [0.15, 0.2) is 0 Å². The van der Waals surface area contributed by atoms with Gasteiger partial charge in [-0.25, -0.2) is 4.98 Å². The highest BCUT2D eigenvalue weighted by molar-refractivity contribution is 5.40. The van der Waals surface area contributed by atoms with Crippen LogP contribution < -0.4 is 4.90 Å². The molecule has 0 aromatic carbocycles. The van der Waals surface area contributed by atoms with Crippen LogP contribution in [0.4, 0.5) is 5.82 Å². The van der Waals surface area contributed by atoms with Crippen molar-refractivity contribution >= 4 is 5.82 Å². The normalized spacial score (nSPS) is 22.3. The number of pyridine rings is 1. The molecule has 1 aromatic rings. The van der Waals surface area contributed by atoms with Gasteiger partial charge in [-0.05, 0) is 31.4 Å². The highest BCUT2D eigenvalue weighted by Gasteiger charge is 2.19. The molecule has 1 unspecified atom stereocenters. The Morgan fingerprint density at radius 2 is 2.31 bits per heavy atom. The van der Waals surface area contributed by atoms with Gasteiger partial charge in [-0.15, -0.1) is 0 Å². The lowest BCUT2D eigenvalue weighted by Crippen LogP contribution is -2.20. The number of rotatable bonds is 1. The van der Waals surface area contributed by atoms with Crippen LogP contribution in [0.3, 0.4) is 0 Å². The zero-order chi connectivity index (χ0) is 9.26. The quantitative estimate of drug-likeness (QED) is 0.652. The van der Waals surface area contributed by atoms with Crippen molar-refractivity contribution in [3.63, 3.8) is 0 Å². The zero-order valence-electron chi connectivity index (χ0n) is 8.33. The molecule has 1 atom stereocenters. The second-order valence-corrected chi connectivity index (χ2v) is 3.98. The van der Waals surface area contributed by atoms with Crippen molar-refractivity contribution in [1.29, 1.82) is 0 Å². The topological polar surface area (TPSA) is 16.1 Å². The molecular formula is C11H16N2.